The minimum Gasteiger partial charge on any atom is -0.413 e. The van der Waals surface area contributed by atoms with Gasteiger partial charge in [0.25, 0.3) is 0 Å². The normalized spacial score (nSPS) is 20.3. The lowest BCUT2D eigenvalue weighted by Gasteiger charge is -2.40. The van der Waals surface area contributed by atoms with Gasteiger partial charge in [-0.2, -0.15) is 0 Å². The number of hydrogen-bond donors (Lipinski definition) is 3. The van der Waals surface area contributed by atoms with E-state index in [1.54, 1.807) is 0 Å². The van der Waals surface area contributed by atoms with Gasteiger partial charge in [-0.1, -0.05) is 46.3 Å². The molecule has 0 saturated heterocycles. The van der Waals surface area contributed by atoms with Crippen LogP contribution in [0, 0.1) is 5.41 Å². The minimum absolute atomic E-state index is 0.173. The third kappa shape index (κ3) is 5.00. The van der Waals surface area contributed by atoms with E-state index in [1.807, 2.05) is 0 Å². The average molecular weight is 361 g/mol. The van der Waals surface area contributed by atoms with Crippen LogP contribution in [0.25, 0.3) is 0 Å². The number of rotatable bonds is 6. The Morgan fingerprint density at radius 1 is 1.39 bits per heavy atom. The highest BCUT2D eigenvalue weighted by atomic mass is 32.2. The molecule has 0 spiro atoms. The fourth-order valence-electron chi connectivity index (χ4n) is 2.41. The van der Waals surface area contributed by atoms with E-state index in [0.717, 1.165) is 12.1 Å². The molecule has 1 atom stereocenters. The molecule has 1 aliphatic carbocycles. The quantitative estimate of drug-likeness (QED) is 0.291. The minimum atomic E-state index is -2.09. The summed E-state index contributed by atoms with van der Waals surface area (Å²) in [4.78, 5) is 2.36. The molecule has 0 aromatic carbocycles. The van der Waals surface area contributed by atoms with Crippen LogP contribution in [0.3, 0.4) is 0 Å². The lowest BCUT2D eigenvalue weighted by molar-refractivity contribution is 0.286. The molecule has 0 aliphatic heterocycles. The molecule has 1 unspecified atom stereocenters. The highest BCUT2D eigenvalue weighted by Gasteiger charge is 2.39. The van der Waals surface area contributed by atoms with Gasteiger partial charge in [-0.25, -0.2) is 4.21 Å². The van der Waals surface area contributed by atoms with Crippen LogP contribution in [0.5, 0.6) is 0 Å². The summed E-state index contributed by atoms with van der Waals surface area (Å²) in [5, 5.41) is 0.173. The van der Waals surface area contributed by atoms with Crippen LogP contribution in [0.1, 0.15) is 48.0 Å². The smallest absolute Gasteiger partial charge is 0.250 e. The van der Waals surface area contributed by atoms with Crippen molar-refractivity contribution >= 4 is 19.6 Å². The molecule has 1 rings (SSSR count). The Balaban J connectivity index is 2.91. The Morgan fingerprint density at radius 3 is 2.43 bits per heavy atom. The lowest BCUT2D eigenvalue weighted by atomic mass is 9.75. The van der Waals surface area contributed by atoms with E-state index >= 15 is 0 Å². The van der Waals surface area contributed by atoms with E-state index in [4.69, 9.17) is 8.98 Å². The van der Waals surface area contributed by atoms with E-state index < -0.39 is 19.6 Å². The van der Waals surface area contributed by atoms with Gasteiger partial charge in [0.1, 0.15) is 0 Å². The van der Waals surface area contributed by atoms with Crippen LogP contribution in [0.15, 0.2) is 22.9 Å². The zero-order valence-electron chi connectivity index (χ0n) is 15.7. The van der Waals surface area contributed by atoms with Crippen molar-refractivity contribution in [2.75, 3.05) is 6.61 Å². The zero-order chi connectivity index (χ0) is 18.1. The second-order valence-corrected chi connectivity index (χ2v) is 13.7. The van der Waals surface area contributed by atoms with Crippen molar-refractivity contribution in [2.24, 2.45) is 5.41 Å². The van der Waals surface area contributed by atoms with E-state index in [9.17, 15) is 4.21 Å². The van der Waals surface area contributed by atoms with Crippen molar-refractivity contribution in [3.8, 4) is 0 Å². The molecule has 0 saturated carbocycles. The third-order valence-electron chi connectivity index (χ3n) is 5.21. The Morgan fingerprint density at radius 2 is 1.96 bits per heavy atom. The molecule has 0 bridgehead atoms. The number of allylic oxidation sites excluding steroid dienone is 3. The van der Waals surface area contributed by atoms with Gasteiger partial charge in [0, 0.05) is 11.1 Å². The van der Waals surface area contributed by atoms with Crippen LogP contribution in [0.2, 0.25) is 18.1 Å². The van der Waals surface area contributed by atoms with E-state index in [1.165, 1.54) is 11.1 Å². The van der Waals surface area contributed by atoms with Gasteiger partial charge in [-0.15, -0.1) is 4.83 Å². The molecule has 7 heteroatoms. The van der Waals surface area contributed by atoms with Crippen molar-refractivity contribution in [2.45, 2.75) is 66.1 Å². The summed E-state index contributed by atoms with van der Waals surface area (Å²) in [6.07, 6.45) is 2.88. The molecule has 0 fully saturated rings. The molecule has 0 aromatic rings. The molecule has 0 amide bonds. The number of hydrogen-bond acceptors (Lipinski definition) is 3. The summed E-state index contributed by atoms with van der Waals surface area (Å²) in [5.41, 5.74) is 6.06. The highest BCUT2D eigenvalue weighted by molar-refractivity contribution is 7.77. The summed E-state index contributed by atoms with van der Waals surface area (Å²) < 4.78 is 26.2. The molecule has 0 heterocycles. The molecular weight excluding hydrogens is 328 g/mol. The van der Waals surface area contributed by atoms with Crippen LogP contribution < -0.4 is 10.3 Å². The van der Waals surface area contributed by atoms with E-state index in [0.29, 0.717) is 6.61 Å². The Labute approximate surface area is 144 Å². The second kappa shape index (κ2) is 7.19. The first-order chi connectivity index (χ1) is 10.3. The van der Waals surface area contributed by atoms with Crippen LogP contribution in [-0.2, 0) is 15.7 Å². The molecular formula is C16H32N2O3SSi. The van der Waals surface area contributed by atoms with Gasteiger partial charge in [-0.3, -0.25) is 4.55 Å². The predicted molar refractivity (Wildman–Crippen MR) is 99.4 cm³/mol. The topological polar surface area (TPSA) is 70.6 Å². The molecule has 3 N–H and O–H groups in total. The third-order valence-corrected chi connectivity index (χ3v) is 9.97. The molecule has 5 nitrogen and oxygen atoms in total. The first-order valence-corrected chi connectivity index (χ1v) is 12.0. The fourth-order valence-corrected chi connectivity index (χ4v) is 3.54. The summed E-state index contributed by atoms with van der Waals surface area (Å²) in [7, 11) is -1.82. The SMILES string of the molecule is CC1=C(CO[Si](C)(C)C(C)(C)C)C(C)(C)C(NNS(=O)O)=CC1. The van der Waals surface area contributed by atoms with E-state index in [2.05, 4.69) is 71.0 Å². The van der Waals surface area contributed by atoms with Crippen LogP contribution >= 0.6 is 0 Å². The Hall–Kier alpha value is -0.473. The highest BCUT2D eigenvalue weighted by Crippen LogP contribution is 2.42. The van der Waals surface area contributed by atoms with Crippen molar-refractivity contribution < 1.29 is 13.2 Å². The van der Waals surface area contributed by atoms with E-state index in [-0.39, 0.29) is 10.5 Å². The Bertz CT molecular complexity index is 534. The summed E-state index contributed by atoms with van der Waals surface area (Å²) in [6, 6.07) is 0. The van der Waals surface area contributed by atoms with Crippen LogP contribution in [-0.4, -0.2) is 23.7 Å². The second-order valence-electron chi connectivity index (χ2n) is 8.23. The van der Waals surface area contributed by atoms with Gasteiger partial charge < -0.3 is 9.85 Å². The van der Waals surface area contributed by atoms with Crippen molar-refractivity contribution in [1.82, 2.24) is 10.3 Å². The summed E-state index contributed by atoms with van der Waals surface area (Å²) >= 11 is -2.09. The van der Waals surface area contributed by atoms with Gasteiger partial charge in [0.2, 0.25) is 11.3 Å². The van der Waals surface area contributed by atoms with Gasteiger partial charge in [0.15, 0.2) is 8.32 Å². The molecule has 0 radical (unpaired) electrons. The monoisotopic (exact) mass is 360 g/mol. The largest absolute Gasteiger partial charge is 0.413 e. The lowest BCUT2D eigenvalue weighted by Crippen LogP contribution is -2.44. The standard InChI is InChI=1S/C16H32N2O3SSi/c1-12-9-10-14(17-18-22(19)20)16(5,6)13(12)11-21-23(7,8)15(2,3)4/h10,17-18H,9,11H2,1-8H3,(H,19,20). The summed E-state index contributed by atoms with van der Waals surface area (Å²) in [6.45, 7) is 18.2. The number of hydrazine groups is 1. The maximum Gasteiger partial charge on any atom is 0.250 e. The number of nitrogens with one attached hydrogen (secondary N) is 2. The summed E-state index contributed by atoms with van der Waals surface area (Å²) in [5.74, 6) is 0. The molecule has 1 aliphatic rings. The van der Waals surface area contributed by atoms with Crippen molar-refractivity contribution in [1.29, 1.82) is 0 Å². The van der Waals surface area contributed by atoms with Crippen molar-refractivity contribution in [3.05, 3.63) is 22.9 Å². The van der Waals surface area contributed by atoms with Gasteiger partial charge >= 0.3 is 0 Å². The molecule has 134 valence electrons. The first kappa shape index (κ1) is 20.6. The average Bonchev–Trinajstić information content (AvgIpc) is 2.35. The predicted octanol–water partition coefficient (Wildman–Crippen LogP) is 3.87. The maximum atomic E-state index is 10.8. The Kier molecular flexibility index (Phi) is 6.43. The maximum absolute atomic E-state index is 10.8. The fraction of sp³-hybridized carbons (Fsp3) is 0.750. The zero-order valence-corrected chi connectivity index (χ0v) is 17.5. The van der Waals surface area contributed by atoms with Gasteiger partial charge in [-0.05, 0) is 37.0 Å². The molecule has 0 aromatic heterocycles. The van der Waals surface area contributed by atoms with Crippen molar-refractivity contribution in [3.63, 3.8) is 0 Å². The van der Waals surface area contributed by atoms with Crippen LogP contribution in [0.4, 0.5) is 0 Å². The molecule has 23 heavy (non-hydrogen) atoms. The van der Waals surface area contributed by atoms with Gasteiger partial charge in [0.05, 0.1) is 6.61 Å². The first-order valence-electron chi connectivity index (χ1n) is 7.95.